The molecule has 1 aromatic carbocycles. The monoisotopic (exact) mass is 249 g/mol. The average Bonchev–Trinajstić information content (AvgIpc) is 2.16. The molecule has 0 aliphatic rings. The van der Waals surface area contributed by atoms with E-state index in [1.807, 2.05) is 0 Å². The first kappa shape index (κ1) is 11.7. The third kappa shape index (κ3) is 3.38. The van der Waals surface area contributed by atoms with E-state index >= 15 is 0 Å². The molecule has 0 fully saturated rings. The van der Waals surface area contributed by atoms with Gasteiger partial charge < -0.3 is 4.74 Å². The smallest absolute Gasteiger partial charge is 0.404 e. The third-order valence-electron chi connectivity index (χ3n) is 1.56. The second-order valence-corrected chi connectivity index (χ2v) is 3.28. The van der Waals surface area contributed by atoms with Crippen LogP contribution in [0.25, 0.3) is 0 Å². The van der Waals surface area contributed by atoms with E-state index in [0.717, 1.165) is 0 Å². The molecule has 0 saturated carbocycles. The highest BCUT2D eigenvalue weighted by Crippen LogP contribution is 2.25. The Hall–Kier alpha value is -1.33. The predicted molar refractivity (Wildman–Crippen MR) is 54.1 cm³/mol. The maximum absolute atomic E-state index is 10.5. The van der Waals surface area contributed by atoms with Gasteiger partial charge in [-0.2, -0.15) is 0 Å². The largest absolute Gasteiger partial charge is 0.449 e. The molecule has 1 rings (SSSR count). The van der Waals surface area contributed by atoms with Crippen molar-refractivity contribution in [2.45, 2.75) is 6.61 Å². The van der Waals surface area contributed by atoms with E-state index in [1.165, 1.54) is 18.2 Å². The zero-order chi connectivity index (χ0) is 11.4. The van der Waals surface area contributed by atoms with Crippen molar-refractivity contribution in [1.82, 2.24) is 0 Å². The van der Waals surface area contributed by atoms with Crippen molar-refractivity contribution in [2.75, 3.05) is 0 Å². The number of ether oxygens (including phenoxy) is 1. The van der Waals surface area contributed by atoms with E-state index in [1.54, 1.807) is 0 Å². The Morgan fingerprint density at radius 2 is 2.20 bits per heavy atom. The molecule has 0 spiro atoms. The number of nitro benzene ring substituents is 1. The van der Waals surface area contributed by atoms with Gasteiger partial charge in [0.2, 0.25) is 0 Å². The highest BCUT2D eigenvalue weighted by molar-refractivity contribution is 6.61. The van der Waals surface area contributed by atoms with E-state index in [2.05, 4.69) is 4.74 Å². The van der Waals surface area contributed by atoms with Crippen LogP contribution in [0, 0.1) is 10.1 Å². The van der Waals surface area contributed by atoms with Crippen molar-refractivity contribution in [3.63, 3.8) is 0 Å². The molecule has 0 bridgehead atoms. The van der Waals surface area contributed by atoms with Crippen LogP contribution in [0.2, 0.25) is 5.02 Å². The number of rotatable bonds is 3. The Morgan fingerprint density at radius 3 is 2.73 bits per heavy atom. The van der Waals surface area contributed by atoms with Gasteiger partial charge >= 0.3 is 5.43 Å². The molecule has 0 N–H and O–H groups in total. The fourth-order valence-electron chi connectivity index (χ4n) is 0.928. The summed E-state index contributed by atoms with van der Waals surface area (Å²) in [4.78, 5) is 20.2. The van der Waals surface area contributed by atoms with E-state index in [0.29, 0.717) is 5.56 Å². The molecule has 7 heteroatoms. The highest BCUT2D eigenvalue weighted by atomic mass is 35.5. The van der Waals surface area contributed by atoms with Gasteiger partial charge in [-0.05, 0) is 11.6 Å². The summed E-state index contributed by atoms with van der Waals surface area (Å²) in [5, 5.41) is 10.5. The number of hydrogen-bond donors (Lipinski definition) is 0. The SMILES string of the molecule is O=C(Cl)OCc1ccc(Cl)c([N+](=O)[O-])c1. The lowest BCUT2D eigenvalue weighted by Gasteiger charge is -2.01. The Bertz CT molecular complexity index is 408. The Labute approximate surface area is 94.7 Å². The first-order valence-corrected chi connectivity index (χ1v) is 4.51. The molecule has 1 aromatic rings. The number of carbonyl (C=O) groups excluding carboxylic acids is 1. The minimum absolute atomic E-state index is 0.0287. The lowest BCUT2D eigenvalue weighted by Crippen LogP contribution is -1.96. The fraction of sp³-hybridized carbons (Fsp3) is 0.125. The lowest BCUT2D eigenvalue weighted by molar-refractivity contribution is -0.384. The minimum atomic E-state index is -0.965. The summed E-state index contributed by atoms with van der Waals surface area (Å²) in [6.45, 7) is -0.125. The zero-order valence-electron chi connectivity index (χ0n) is 7.28. The molecule has 15 heavy (non-hydrogen) atoms. The molecule has 0 aliphatic carbocycles. The van der Waals surface area contributed by atoms with Crippen LogP contribution < -0.4 is 0 Å². The van der Waals surface area contributed by atoms with Gasteiger partial charge in [0.1, 0.15) is 11.6 Å². The number of benzene rings is 1. The van der Waals surface area contributed by atoms with Crippen LogP contribution in [0.1, 0.15) is 5.56 Å². The molecule has 0 unspecified atom stereocenters. The molecule has 80 valence electrons. The van der Waals surface area contributed by atoms with Crippen LogP contribution in [-0.4, -0.2) is 10.4 Å². The number of hydrogen-bond acceptors (Lipinski definition) is 4. The molecule has 0 amide bonds. The van der Waals surface area contributed by atoms with Crippen molar-refractivity contribution in [3.8, 4) is 0 Å². The Morgan fingerprint density at radius 1 is 1.53 bits per heavy atom. The fourth-order valence-corrected chi connectivity index (χ4v) is 1.17. The van der Waals surface area contributed by atoms with Crippen molar-refractivity contribution < 1.29 is 14.5 Å². The van der Waals surface area contributed by atoms with Crippen LogP contribution in [-0.2, 0) is 11.3 Å². The van der Waals surface area contributed by atoms with Crippen molar-refractivity contribution in [1.29, 1.82) is 0 Å². The molecule has 0 aromatic heterocycles. The first-order valence-electron chi connectivity index (χ1n) is 3.76. The van der Waals surface area contributed by atoms with Crippen molar-refractivity contribution in [3.05, 3.63) is 38.9 Å². The number of nitro groups is 1. The van der Waals surface area contributed by atoms with E-state index in [4.69, 9.17) is 23.2 Å². The van der Waals surface area contributed by atoms with Crippen LogP contribution in [0.3, 0.4) is 0 Å². The van der Waals surface area contributed by atoms with Crippen LogP contribution >= 0.6 is 23.2 Å². The van der Waals surface area contributed by atoms with Gasteiger partial charge in [-0.25, -0.2) is 4.79 Å². The summed E-state index contributed by atoms with van der Waals surface area (Å²) >= 11 is 10.5. The highest BCUT2D eigenvalue weighted by Gasteiger charge is 2.13. The van der Waals surface area contributed by atoms with Crippen LogP contribution in [0.4, 0.5) is 10.5 Å². The molecular formula is C8H5Cl2NO4. The maximum atomic E-state index is 10.5. The molecule has 0 heterocycles. The topological polar surface area (TPSA) is 69.4 Å². The van der Waals surface area contributed by atoms with Gasteiger partial charge in [-0.15, -0.1) is 0 Å². The summed E-state index contributed by atoms with van der Waals surface area (Å²) in [6.07, 6.45) is 0. The Kier molecular flexibility index (Phi) is 3.88. The molecule has 0 aliphatic heterocycles. The summed E-state index contributed by atoms with van der Waals surface area (Å²) in [5.74, 6) is 0. The molecule has 0 radical (unpaired) electrons. The second kappa shape index (κ2) is 4.95. The van der Waals surface area contributed by atoms with Crippen LogP contribution in [0.5, 0.6) is 0 Å². The first-order chi connectivity index (χ1) is 7.00. The lowest BCUT2D eigenvalue weighted by atomic mass is 10.2. The summed E-state index contributed by atoms with van der Waals surface area (Å²) in [7, 11) is 0. The van der Waals surface area contributed by atoms with E-state index in [-0.39, 0.29) is 17.3 Å². The number of carbonyl (C=O) groups is 1. The third-order valence-corrected chi connectivity index (χ3v) is 1.99. The summed E-state index contributed by atoms with van der Waals surface area (Å²) < 4.78 is 4.46. The van der Waals surface area contributed by atoms with Crippen LogP contribution in [0.15, 0.2) is 18.2 Å². The zero-order valence-corrected chi connectivity index (χ0v) is 8.79. The van der Waals surface area contributed by atoms with Gasteiger partial charge in [-0.1, -0.05) is 17.7 Å². The average molecular weight is 250 g/mol. The molecular weight excluding hydrogens is 245 g/mol. The molecule has 0 atom stereocenters. The van der Waals surface area contributed by atoms with E-state index < -0.39 is 10.4 Å². The van der Waals surface area contributed by atoms with Gasteiger partial charge in [0, 0.05) is 17.7 Å². The van der Waals surface area contributed by atoms with Gasteiger partial charge in [0.05, 0.1) is 4.92 Å². The second-order valence-electron chi connectivity index (χ2n) is 2.57. The predicted octanol–water partition coefficient (Wildman–Crippen LogP) is 3.12. The normalized spacial score (nSPS) is 9.73. The number of nitrogens with zero attached hydrogens (tertiary/aromatic N) is 1. The standard InChI is InChI=1S/C8H5Cl2NO4/c9-6-2-1-5(4-15-8(10)12)3-7(6)11(13)14/h1-3H,4H2. The molecule has 5 nitrogen and oxygen atoms in total. The quantitative estimate of drug-likeness (QED) is 0.469. The van der Waals surface area contributed by atoms with Gasteiger partial charge in [0.15, 0.2) is 0 Å². The van der Waals surface area contributed by atoms with Gasteiger partial charge in [-0.3, -0.25) is 10.1 Å². The summed E-state index contributed by atoms with van der Waals surface area (Å²) in [6, 6.07) is 4.09. The number of halogens is 2. The van der Waals surface area contributed by atoms with Gasteiger partial charge in [0.25, 0.3) is 5.69 Å². The minimum Gasteiger partial charge on any atom is -0.449 e. The van der Waals surface area contributed by atoms with Crippen molar-refractivity contribution >= 4 is 34.3 Å². The summed E-state index contributed by atoms with van der Waals surface area (Å²) in [5.41, 5.74) is -0.757. The van der Waals surface area contributed by atoms with E-state index in [9.17, 15) is 14.9 Å². The maximum Gasteiger partial charge on any atom is 0.404 e. The molecule has 0 saturated heterocycles. The van der Waals surface area contributed by atoms with Crippen molar-refractivity contribution in [2.24, 2.45) is 0 Å². The Balaban J connectivity index is 2.87.